The molecule has 0 spiro atoms. The number of rotatable bonds is 20. The number of hydrogen-bond acceptors (Lipinski definition) is 5. The van der Waals surface area contributed by atoms with Crippen LogP contribution in [0.2, 0.25) is 0 Å². The summed E-state index contributed by atoms with van der Waals surface area (Å²) < 4.78 is 45.9. The summed E-state index contributed by atoms with van der Waals surface area (Å²) in [6.45, 7) is 6.77. The summed E-state index contributed by atoms with van der Waals surface area (Å²) in [4.78, 5) is 25.2. The van der Waals surface area contributed by atoms with Crippen LogP contribution in [-0.2, 0) is 4.74 Å². The molecule has 0 saturated heterocycles. The second-order valence-corrected chi connectivity index (χ2v) is 11.6. The summed E-state index contributed by atoms with van der Waals surface area (Å²) in [5.74, 6) is -3.68. The van der Waals surface area contributed by atoms with Crippen molar-refractivity contribution in [2.24, 2.45) is 0 Å². The summed E-state index contributed by atoms with van der Waals surface area (Å²) in [5.41, 5.74) is 1.26. The van der Waals surface area contributed by atoms with Crippen molar-refractivity contribution in [3.8, 4) is 22.6 Å². The molecule has 1 unspecified atom stereocenters. The quantitative estimate of drug-likeness (QED) is 0.0713. The Bertz CT molecular complexity index is 1300. The van der Waals surface area contributed by atoms with E-state index in [4.69, 9.17) is 14.2 Å². The van der Waals surface area contributed by atoms with Crippen LogP contribution in [0.3, 0.4) is 0 Å². The number of ether oxygens (including phenoxy) is 3. The normalized spacial score (nSPS) is 11.7. The van der Waals surface area contributed by atoms with Crippen molar-refractivity contribution in [2.45, 2.75) is 110 Å². The first-order valence-electron chi connectivity index (χ1n) is 16.6. The van der Waals surface area contributed by atoms with Gasteiger partial charge in [-0.3, -0.25) is 0 Å². The fraction of sp³-hybridized carbons (Fsp3) is 0.474. The molecule has 0 N–H and O–H groups in total. The zero-order valence-electron chi connectivity index (χ0n) is 27.0. The molecule has 0 fully saturated rings. The summed E-state index contributed by atoms with van der Waals surface area (Å²) >= 11 is 0. The molecule has 1 atom stereocenters. The highest BCUT2D eigenvalue weighted by Gasteiger charge is 2.23. The predicted octanol–water partition coefficient (Wildman–Crippen LogP) is 10.9. The van der Waals surface area contributed by atoms with E-state index in [2.05, 4.69) is 13.8 Å². The summed E-state index contributed by atoms with van der Waals surface area (Å²) in [6, 6.07) is 16.1. The van der Waals surface area contributed by atoms with Crippen LogP contribution >= 0.6 is 0 Å². The van der Waals surface area contributed by atoms with Crippen LogP contribution in [0.25, 0.3) is 11.1 Å². The van der Waals surface area contributed by atoms with Gasteiger partial charge in [0.2, 0.25) is 0 Å². The number of hydrogen-bond donors (Lipinski definition) is 0. The Morgan fingerprint density at radius 3 is 1.73 bits per heavy atom. The highest BCUT2D eigenvalue weighted by molar-refractivity contribution is 5.92. The van der Waals surface area contributed by atoms with E-state index in [1.165, 1.54) is 51.4 Å². The average Bonchev–Trinajstić information content (AvgIpc) is 3.02. The second kappa shape index (κ2) is 19.6. The third-order valence-corrected chi connectivity index (χ3v) is 7.78. The molecule has 0 radical (unpaired) electrons. The molecular weight excluding hydrogens is 574 g/mol. The Kier molecular flexibility index (Phi) is 15.6. The van der Waals surface area contributed by atoms with Gasteiger partial charge in [0.15, 0.2) is 0 Å². The van der Waals surface area contributed by atoms with E-state index in [1.807, 2.05) is 24.3 Å². The van der Waals surface area contributed by atoms with Crippen molar-refractivity contribution in [1.82, 2.24) is 0 Å². The van der Waals surface area contributed by atoms with Gasteiger partial charge >= 0.3 is 11.9 Å². The number of carbonyl (C=O) groups excluding carboxylic acids is 2. The molecule has 0 aliphatic rings. The van der Waals surface area contributed by atoms with E-state index in [0.29, 0.717) is 13.0 Å². The topological polar surface area (TPSA) is 61.8 Å². The third kappa shape index (κ3) is 12.3. The Hall–Kier alpha value is -3.74. The number of benzene rings is 3. The lowest BCUT2D eigenvalue weighted by atomic mass is 10.0. The second-order valence-electron chi connectivity index (χ2n) is 11.6. The van der Waals surface area contributed by atoms with Crippen molar-refractivity contribution >= 4 is 11.9 Å². The van der Waals surface area contributed by atoms with Gasteiger partial charge in [-0.1, -0.05) is 102 Å². The summed E-state index contributed by atoms with van der Waals surface area (Å²) in [6.07, 6.45) is 14.0. The zero-order chi connectivity index (χ0) is 32.4. The Morgan fingerprint density at radius 1 is 0.644 bits per heavy atom. The molecule has 45 heavy (non-hydrogen) atoms. The monoisotopic (exact) mass is 622 g/mol. The van der Waals surface area contributed by atoms with Crippen LogP contribution in [0.15, 0.2) is 60.7 Å². The lowest BCUT2D eigenvalue weighted by molar-refractivity contribution is 0.0308. The molecule has 244 valence electrons. The van der Waals surface area contributed by atoms with Crippen LogP contribution in [0.5, 0.6) is 11.5 Å². The molecule has 0 aliphatic carbocycles. The van der Waals surface area contributed by atoms with Gasteiger partial charge in [-0.2, -0.15) is 0 Å². The Labute approximate surface area is 267 Å². The van der Waals surface area contributed by atoms with Crippen molar-refractivity contribution in [1.29, 1.82) is 0 Å². The molecule has 3 rings (SSSR count). The van der Waals surface area contributed by atoms with Crippen LogP contribution < -0.4 is 9.47 Å². The van der Waals surface area contributed by atoms with Crippen LogP contribution in [0.1, 0.15) is 125 Å². The van der Waals surface area contributed by atoms with E-state index in [9.17, 15) is 18.4 Å². The fourth-order valence-corrected chi connectivity index (χ4v) is 5.10. The maximum atomic E-state index is 14.8. The van der Waals surface area contributed by atoms with Crippen LogP contribution in [0.4, 0.5) is 8.78 Å². The van der Waals surface area contributed by atoms with Gasteiger partial charge < -0.3 is 14.2 Å². The SMILES string of the molecule is CCCCCCCCOc1ccc(-c2ccc(C(=O)Oc3cc(F)c(C(=O)OC(C)CCCCCCCC)c(F)c3)cc2)cc1. The molecule has 3 aromatic carbocycles. The van der Waals surface area contributed by atoms with Gasteiger partial charge in [-0.25, -0.2) is 18.4 Å². The smallest absolute Gasteiger partial charge is 0.344 e. The standard InChI is InChI=1S/C38H48F2O5/c1-4-6-8-10-12-14-16-28(3)44-38(42)36-34(39)26-33(27-35(36)40)45-37(41)31-19-17-29(18-20-31)30-21-23-32(24-22-30)43-25-15-13-11-9-7-5-2/h17-24,26-28H,4-16,25H2,1-3H3. The first-order valence-corrected chi connectivity index (χ1v) is 16.6. The molecule has 0 aliphatic heterocycles. The predicted molar refractivity (Wildman–Crippen MR) is 175 cm³/mol. The van der Waals surface area contributed by atoms with Crippen molar-refractivity contribution in [3.05, 3.63) is 83.4 Å². The minimum absolute atomic E-state index is 0.213. The lowest BCUT2D eigenvalue weighted by Crippen LogP contribution is -2.18. The van der Waals surface area contributed by atoms with Gasteiger partial charge in [0, 0.05) is 12.1 Å². The van der Waals surface area contributed by atoms with Crippen molar-refractivity contribution in [2.75, 3.05) is 6.61 Å². The third-order valence-electron chi connectivity index (χ3n) is 7.78. The van der Waals surface area contributed by atoms with E-state index in [0.717, 1.165) is 54.7 Å². The number of carbonyl (C=O) groups is 2. The first kappa shape index (κ1) is 35.7. The summed E-state index contributed by atoms with van der Waals surface area (Å²) in [5, 5.41) is 0. The van der Waals surface area contributed by atoms with Crippen molar-refractivity contribution < 1.29 is 32.6 Å². The van der Waals surface area contributed by atoms with E-state index < -0.39 is 35.2 Å². The number of esters is 2. The number of unbranched alkanes of at least 4 members (excludes halogenated alkanes) is 10. The largest absolute Gasteiger partial charge is 0.494 e. The molecule has 0 bridgehead atoms. The molecule has 0 aromatic heterocycles. The van der Waals surface area contributed by atoms with Gasteiger partial charge in [0.25, 0.3) is 0 Å². The fourth-order valence-electron chi connectivity index (χ4n) is 5.10. The Balaban J connectivity index is 1.49. The van der Waals surface area contributed by atoms with Gasteiger partial charge in [0.05, 0.1) is 18.3 Å². The molecule has 0 amide bonds. The van der Waals surface area contributed by atoms with E-state index in [-0.39, 0.29) is 11.3 Å². The molecule has 0 saturated carbocycles. The van der Waals surface area contributed by atoms with Gasteiger partial charge in [-0.05, 0) is 61.6 Å². The molecule has 3 aromatic rings. The average molecular weight is 623 g/mol. The lowest BCUT2D eigenvalue weighted by Gasteiger charge is -2.14. The first-order chi connectivity index (χ1) is 21.8. The van der Waals surface area contributed by atoms with Gasteiger partial charge in [0.1, 0.15) is 28.7 Å². The maximum absolute atomic E-state index is 14.8. The molecule has 5 nitrogen and oxygen atoms in total. The molecule has 0 heterocycles. The Morgan fingerprint density at radius 2 is 1.16 bits per heavy atom. The molecular formula is C38H48F2O5. The van der Waals surface area contributed by atoms with E-state index in [1.54, 1.807) is 31.2 Å². The number of halogens is 2. The van der Waals surface area contributed by atoms with E-state index >= 15 is 0 Å². The minimum Gasteiger partial charge on any atom is -0.494 e. The highest BCUT2D eigenvalue weighted by Crippen LogP contribution is 2.26. The molecule has 7 heteroatoms. The van der Waals surface area contributed by atoms with Gasteiger partial charge in [-0.15, -0.1) is 0 Å². The summed E-state index contributed by atoms with van der Waals surface area (Å²) in [7, 11) is 0. The highest BCUT2D eigenvalue weighted by atomic mass is 19.1. The van der Waals surface area contributed by atoms with Crippen LogP contribution in [-0.4, -0.2) is 24.6 Å². The zero-order valence-corrected chi connectivity index (χ0v) is 27.0. The van der Waals surface area contributed by atoms with Crippen LogP contribution in [0, 0.1) is 11.6 Å². The maximum Gasteiger partial charge on any atom is 0.344 e. The minimum atomic E-state index is -1.15. The van der Waals surface area contributed by atoms with Crippen molar-refractivity contribution in [3.63, 3.8) is 0 Å².